The molecule has 0 aliphatic heterocycles. The van der Waals surface area contributed by atoms with Crippen molar-refractivity contribution in [2.75, 3.05) is 11.9 Å². The molecule has 0 bridgehead atoms. The molecule has 9 nitrogen and oxygen atoms in total. The number of carbonyl (C=O) groups is 2. The molecule has 0 spiro atoms. The Hall–Kier alpha value is -5.15. The lowest BCUT2D eigenvalue weighted by Crippen LogP contribution is -2.51. The number of hydrogen-bond acceptors (Lipinski definition) is 7. The van der Waals surface area contributed by atoms with Crippen LogP contribution >= 0.6 is 0 Å². The van der Waals surface area contributed by atoms with E-state index in [4.69, 9.17) is 9.47 Å². The average molecular weight is 636 g/mol. The number of rotatable bonds is 16. The smallest absolute Gasteiger partial charge is 0.250 e. The summed E-state index contributed by atoms with van der Waals surface area (Å²) in [5.41, 5.74) is 1.72. The average Bonchev–Trinajstić information content (AvgIpc) is 3.48. The van der Waals surface area contributed by atoms with Crippen molar-refractivity contribution < 1.29 is 19.1 Å². The zero-order chi connectivity index (χ0) is 34.0. The Morgan fingerprint density at radius 1 is 0.872 bits per heavy atom. The van der Waals surface area contributed by atoms with E-state index in [0.717, 1.165) is 11.1 Å². The van der Waals surface area contributed by atoms with E-state index in [1.54, 1.807) is 29.2 Å². The zero-order valence-corrected chi connectivity index (χ0v) is 27.8. The number of hydrogen-bond donors (Lipinski definition) is 3. The first-order valence-corrected chi connectivity index (χ1v) is 15.5. The monoisotopic (exact) mass is 635 g/mol. The third kappa shape index (κ3) is 10.2. The van der Waals surface area contributed by atoms with Crippen LogP contribution in [0.2, 0.25) is 0 Å². The van der Waals surface area contributed by atoms with Crippen LogP contribution in [-0.4, -0.2) is 45.0 Å². The number of ketones is 1. The second-order valence-electron chi connectivity index (χ2n) is 12.8. The highest BCUT2D eigenvalue weighted by Gasteiger charge is 2.30. The molecular weight excluding hydrogens is 590 g/mol. The van der Waals surface area contributed by atoms with Crippen LogP contribution in [0.5, 0.6) is 0 Å². The van der Waals surface area contributed by atoms with E-state index in [1.807, 2.05) is 113 Å². The number of Topliss-reactive ketones (excluding diaryl/α,β-unsaturated/α-hetero) is 1. The highest BCUT2D eigenvalue weighted by Crippen LogP contribution is 2.25. The number of nitrogens with one attached hydrogen (secondary N) is 3. The van der Waals surface area contributed by atoms with E-state index < -0.39 is 23.2 Å². The van der Waals surface area contributed by atoms with Gasteiger partial charge < -0.3 is 30.0 Å². The fraction of sp³-hybridized carbons (Fsp3) is 0.289. The standard InChI is InChI=1S/C38H45N5O4/c1-27(38(6,7)42-28(2)47-37(3,4)5)40-32(25-46-24-29-17-11-8-12-18-29)36(45)41-33-23-43(26-39-33)34(30-19-13-9-14-20-30)35(44)31-21-15-10-16-22-31/h8-23,26,32,34,40,42H,1-2,24-25H2,3-7H3,(H,41,45). The molecule has 0 saturated heterocycles. The molecule has 0 saturated carbocycles. The van der Waals surface area contributed by atoms with Crippen LogP contribution in [0.1, 0.15) is 62.1 Å². The third-order valence-electron chi connectivity index (χ3n) is 7.27. The molecule has 0 fully saturated rings. The first kappa shape index (κ1) is 34.7. The quantitative estimate of drug-likeness (QED) is 0.0937. The summed E-state index contributed by atoms with van der Waals surface area (Å²) < 4.78 is 13.5. The van der Waals surface area contributed by atoms with Gasteiger partial charge in [0.1, 0.15) is 17.7 Å². The maximum atomic E-state index is 13.8. The molecule has 9 heteroatoms. The first-order chi connectivity index (χ1) is 22.3. The van der Waals surface area contributed by atoms with E-state index in [-0.39, 0.29) is 18.3 Å². The third-order valence-corrected chi connectivity index (χ3v) is 7.27. The van der Waals surface area contributed by atoms with Gasteiger partial charge in [-0.2, -0.15) is 0 Å². The molecule has 47 heavy (non-hydrogen) atoms. The number of amides is 1. The Kier molecular flexibility index (Phi) is 11.4. The van der Waals surface area contributed by atoms with Gasteiger partial charge in [0.25, 0.3) is 0 Å². The van der Waals surface area contributed by atoms with Crippen molar-refractivity contribution in [3.8, 4) is 0 Å². The number of anilines is 1. The second-order valence-corrected chi connectivity index (χ2v) is 12.8. The molecule has 2 unspecified atom stereocenters. The van der Waals surface area contributed by atoms with Gasteiger partial charge in [-0.15, -0.1) is 0 Å². The highest BCUT2D eigenvalue weighted by molar-refractivity contribution is 6.01. The minimum absolute atomic E-state index is 0.0507. The van der Waals surface area contributed by atoms with Crippen molar-refractivity contribution in [1.82, 2.24) is 20.2 Å². The van der Waals surface area contributed by atoms with Crippen LogP contribution in [0, 0.1) is 0 Å². The fourth-order valence-corrected chi connectivity index (χ4v) is 4.87. The van der Waals surface area contributed by atoms with Gasteiger partial charge in [-0.25, -0.2) is 4.98 Å². The van der Waals surface area contributed by atoms with Gasteiger partial charge in [0.2, 0.25) is 5.91 Å². The summed E-state index contributed by atoms with van der Waals surface area (Å²) in [6, 6.07) is 26.8. The number of ether oxygens (including phenoxy) is 2. The lowest BCUT2D eigenvalue weighted by Gasteiger charge is -2.35. The summed E-state index contributed by atoms with van der Waals surface area (Å²) in [5, 5.41) is 9.39. The largest absolute Gasteiger partial charge is 0.474 e. The fourth-order valence-electron chi connectivity index (χ4n) is 4.87. The Balaban J connectivity index is 1.52. The Morgan fingerprint density at radius 2 is 1.47 bits per heavy atom. The maximum Gasteiger partial charge on any atom is 0.250 e. The van der Waals surface area contributed by atoms with Crippen LogP contribution in [0.15, 0.2) is 128 Å². The van der Waals surface area contributed by atoms with Crippen LogP contribution in [0.3, 0.4) is 0 Å². The van der Waals surface area contributed by atoms with Crippen molar-refractivity contribution in [1.29, 1.82) is 0 Å². The van der Waals surface area contributed by atoms with E-state index in [0.29, 0.717) is 29.6 Å². The molecule has 0 aliphatic rings. The molecule has 1 heterocycles. The summed E-state index contributed by atoms with van der Waals surface area (Å²) in [6.45, 7) is 18.2. The number of aromatic nitrogens is 2. The molecule has 2 atom stereocenters. The Morgan fingerprint density at radius 3 is 2.09 bits per heavy atom. The Labute approximate surface area is 277 Å². The number of benzene rings is 3. The van der Waals surface area contributed by atoms with Crippen molar-refractivity contribution in [2.45, 2.75) is 64.4 Å². The zero-order valence-electron chi connectivity index (χ0n) is 27.8. The first-order valence-electron chi connectivity index (χ1n) is 15.5. The summed E-state index contributed by atoms with van der Waals surface area (Å²) in [4.78, 5) is 31.9. The lowest BCUT2D eigenvalue weighted by molar-refractivity contribution is -0.119. The molecule has 1 amide bonds. The summed E-state index contributed by atoms with van der Waals surface area (Å²) >= 11 is 0. The second kappa shape index (κ2) is 15.4. The van der Waals surface area contributed by atoms with E-state index in [9.17, 15) is 9.59 Å². The van der Waals surface area contributed by atoms with E-state index >= 15 is 0 Å². The summed E-state index contributed by atoms with van der Waals surface area (Å²) in [6.07, 6.45) is 3.21. The molecule has 0 aliphatic carbocycles. The van der Waals surface area contributed by atoms with Crippen LogP contribution in [0.4, 0.5) is 5.82 Å². The SMILES string of the molecule is C=C(NC(C)(C)C(=C)NC(COCc1ccccc1)C(=O)Nc1cn(C(C(=O)c2ccccc2)c2ccccc2)cn1)OC(C)(C)C. The normalized spacial score (nSPS) is 12.8. The van der Waals surface area contributed by atoms with Gasteiger partial charge in [0.05, 0.1) is 25.1 Å². The van der Waals surface area contributed by atoms with E-state index in [1.165, 1.54) is 0 Å². The molecule has 1 aromatic heterocycles. The molecule has 4 rings (SSSR count). The van der Waals surface area contributed by atoms with Gasteiger partial charge in [0, 0.05) is 17.5 Å². The predicted molar refractivity (Wildman–Crippen MR) is 186 cm³/mol. The maximum absolute atomic E-state index is 13.8. The summed E-state index contributed by atoms with van der Waals surface area (Å²) in [5.74, 6) is 0.205. The topological polar surface area (TPSA) is 107 Å². The summed E-state index contributed by atoms with van der Waals surface area (Å²) in [7, 11) is 0. The number of carbonyl (C=O) groups excluding carboxylic acids is 2. The van der Waals surface area contributed by atoms with Crippen molar-refractivity contribution in [2.24, 2.45) is 0 Å². The van der Waals surface area contributed by atoms with Crippen LogP contribution in [0.25, 0.3) is 0 Å². The molecule has 3 N–H and O–H groups in total. The van der Waals surface area contributed by atoms with Gasteiger partial charge in [-0.1, -0.05) is 97.6 Å². The number of nitrogens with zero attached hydrogens (tertiary/aromatic N) is 2. The highest BCUT2D eigenvalue weighted by atomic mass is 16.5. The van der Waals surface area contributed by atoms with Gasteiger partial charge in [-0.05, 0) is 52.3 Å². The molecule has 3 aromatic carbocycles. The lowest BCUT2D eigenvalue weighted by atomic mass is 9.97. The molecule has 4 aromatic rings. The molecular formula is C38H45N5O4. The van der Waals surface area contributed by atoms with Crippen molar-refractivity contribution in [3.05, 3.63) is 145 Å². The van der Waals surface area contributed by atoms with Crippen molar-refractivity contribution in [3.63, 3.8) is 0 Å². The van der Waals surface area contributed by atoms with Crippen LogP contribution in [-0.2, 0) is 20.9 Å². The molecule has 246 valence electrons. The Bertz CT molecular complexity index is 1640. The van der Waals surface area contributed by atoms with Crippen LogP contribution < -0.4 is 16.0 Å². The molecule has 0 radical (unpaired) electrons. The predicted octanol–water partition coefficient (Wildman–Crippen LogP) is 6.64. The van der Waals surface area contributed by atoms with Crippen molar-refractivity contribution >= 4 is 17.5 Å². The minimum atomic E-state index is -0.829. The van der Waals surface area contributed by atoms with Gasteiger partial charge in [0.15, 0.2) is 17.5 Å². The van der Waals surface area contributed by atoms with E-state index in [2.05, 4.69) is 34.1 Å². The number of imidazole rings is 1. The van der Waals surface area contributed by atoms with Gasteiger partial charge >= 0.3 is 0 Å². The van der Waals surface area contributed by atoms with Gasteiger partial charge in [-0.3, -0.25) is 9.59 Å². The minimum Gasteiger partial charge on any atom is -0.474 e.